The van der Waals surface area contributed by atoms with Gasteiger partial charge in [0.15, 0.2) is 0 Å². The number of benzene rings is 2. The van der Waals surface area contributed by atoms with Crippen molar-refractivity contribution in [3.8, 4) is 11.1 Å². The van der Waals surface area contributed by atoms with Crippen LogP contribution in [0, 0.1) is 11.7 Å². The van der Waals surface area contributed by atoms with Crippen LogP contribution in [0.4, 0.5) is 14.9 Å². The van der Waals surface area contributed by atoms with Crippen molar-refractivity contribution in [2.24, 2.45) is 5.92 Å². The SMILES string of the molecule is O=C(Nc1ccccc1-c1cccc(F)c1)OCC1CC2CCC(C1)N2. The lowest BCUT2D eigenvalue weighted by molar-refractivity contribution is 0.122. The minimum absolute atomic E-state index is 0.305. The van der Waals surface area contributed by atoms with Crippen molar-refractivity contribution in [1.82, 2.24) is 5.32 Å². The molecule has 0 saturated carbocycles. The number of hydrogen-bond donors (Lipinski definition) is 2. The fourth-order valence-corrected chi connectivity index (χ4v) is 4.15. The van der Waals surface area contributed by atoms with Crippen LogP contribution in [0.15, 0.2) is 48.5 Å². The van der Waals surface area contributed by atoms with E-state index < -0.39 is 6.09 Å². The molecule has 0 spiro atoms. The molecule has 2 heterocycles. The first kappa shape index (κ1) is 17.0. The van der Waals surface area contributed by atoms with E-state index in [4.69, 9.17) is 4.74 Å². The molecule has 2 aromatic carbocycles. The van der Waals surface area contributed by atoms with Gasteiger partial charge in [0.2, 0.25) is 0 Å². The fraction of sp³-hybridized carbons (Fsp3) is 0.381. The van der Waals surface area contributed by atoms with Gasteiger partial charge >= 0.3 is 6.09 Å². The van der Waals surface area contributed by atoms with Crippen molar-refractivity contribution in [3.05, 3.63) is 54.3 Å². The number of anilines is 1. The van der Waals surface area contributed by atoms with E-state index in [2.05, 4.69) is 10.6 Å². The van der Waals surface area contributed by atoms with E-state index in [1.54, 1.807) is 12.1 Å². The van der Waals surface area contributed by atoms with Crippen LogP contribution < -0.4 is 10.6 Å². The van der Waals surface area contributed by atoms with Gasteiger partial charge in [0, 0.05) is 17.6 Å². The summed E-state index contributed by atoms with van der Waals surface area (Å²) in [6.45, 7) is 0.447. The van der Waals surface area contributed by atoms with Crippen LogP contribution in [0.25, 0.3) is 11.1 Å². The van der Waals surface area contributed by atoms with Gasteiger partial charge in [0.25, 0.3) is 0 Å². The molecule has 26 heavy (non-hydrogen) atoms. The normalized spacial score (nSPS) is 24.3. The number of hydrogen-bond acceptors (Lipinski definition) is 3. The van der Waals surface area contributed by atoms with Crippen molar-refractivity contribution in [1.29, 1.82) is 0 Å². The Morgan fingerprint density at radius 2 is 1.88 bits per heavy atom. The summed E-state index contributed by atoms with van der Waals surface area (Å²) in [5.41, 5.74) is 2.10. The molecule has 5 heteroatoms. The monoisotopic (exact) mass is 354 g/mol. The smallest absolute Gasteiger partial charge is 0.411 e. The first-order valence-corrected chi connectivity index (χ1v) is 9.22. The molecule has 2 N–H and O–H groups in total. The third kappa shape index (κ3) is 3.88. The molecule has 4 rings (SSSR count). The third-order valence-corrected chi connectivity index (χ3v) is 5.32. The zero-order chi connectivity index (χ0) is 17.9. The molecule has 2 aliphatic heterocycles. The number of para-hydroxylation sites is 1. The lowest BCUT2D eigenvalue weighted by Gasteiger charge is -2.28. The Kier molecular flexibility index (Phi) is 4.89. The molecule has 2 aliphatic rings. The number of nitrogens with one attached hydrogen (secondary N) is 2. The average molecular weight is 354 g/mol. The molecular formula is C21H23FN2O2. The maximum Gasteiger partial charge on any atom is 0.411 e. The highest BCUT2D eigenvalue weighted by molar-refractivity contribution is 5.91. The molecule has 0 aromatic heterocycles. The topological polar surface area (TPSA) is 50.4 Å². The quantitative estimate of drug-likeness (QED) is 0.845. The van der Waals surface area contributed by atoms with Crippen molar-refractivity contribution >= 4 is 11.8 Å². The number of rotatable bonds is 4. The molecule has 2 atom stereocenters. The summed E-state index contributed by atoms with van der Waals surface area (Å²) in [7, 11) is 0. The zero-order valence-electron chi connectivity index (χ0n) is 14.6. The number of fused-ring (bicyclic) bond motifs is 2. The molecule has 2 unspecified atom stereocenters. The van der Waals surface area contributed by atoms with Crippen LogP contribution in [0.3, 0.4) is 0 Å². The molecule has 1 amide bonds. The average Bonchev–Trinajstić information content (AvgIpc) is 2.98. The first-order valence-electron chi connectivity index (χ1n) is 9.22. The molecule has 136 valence electrons. The molecule has 0 aliphatic carbocycles. The zero-order valence-corrected chi connectivity index (χ0v) is 14.6. The van der Waals surface area contributed by atoms with Crippen LogP contribution in [-0.4, -0.2) is 24.8 Å². The molecule has 2 fully saturated rings. The summed E-state index contributed by atoms with van der Waals surface area (Å²) in [5.74, 6) is 0.124. The van der Waals surface area contributed by atoms with E-state index in [1.165, 1.54) is 25.0 Å². The van der Waals surface area contributed by atoms with E-state index in [1.807, 2.05) is 24.3 Å². The van der Waals surface area contributed by atoms with E-state index in [0.29, 0.717) is 30.3 Å². The number of amides is 1. The Bertz CT molecular complexity index is 783. The van der Waals surface area contributed by atoms with Gasteiger partial charge in [-0.15, -0.1) is 0 Å². The Balaban J connectivity index is 1.39. The third-order valence-electron chi connectivity index (χ3n) is 5.32. The predicted octanol–water partition coefficient (Wildman–Crippen LogP) is 4.57. The summed E-state index contributed by atoms with van der Waals surface area (Å²) >= 11 is 0. The Labute approximate surface area is 152 Å². The molecule has 4 nitrogen and oxygen atoms in total. The summed E-state index contributed by atoms with van der Waals surface area (Å²) in [5, 5.41) is 6.40. The van der Waals surface area contributed by atoms with Gasteiger partial charge in [0.05, 0.1) is 12.3 Å². The van der Waals surface area contributed by atoms with Crippen molar-refractivity contribution in [3.63, 3.8) is 0 Å². The minimum Gasteiger partial charge on any atom is -0.449 e. The van der Waals surface area contributed by atoms with Crippen LogP contribution in [0.5, 0.6) is 0 Å². The van der Waals surface area contributed by atoms with Gasteiger partial charge in [-0.1, -0.05) is 30.3 Å². The van der Waals surface area contributed by atoms with E-state index in [0.717, 1.165) is 24.0 Å². The van der Waals surface area contributed by atoms with Crippen LogP contribution >= 0.6 is 0 Å². The molecule has 2 saturated heterocycles. The summed E-state index contributed by atoms with van der Waals surface area (Å²) in [6, 6.07) is 14.9. The second-order valence-electron chi connectivity index (χ2n) is 7.25. The van der Waals surface area contributed by atoms with Crippen LogP contribution in [0.2, 0.25) is 0 Å². The minimum atomic E-state index is -0.459. The Hall–Kier alpha value is -2.40. The lowest BCUT2D eigenvalue weighted by atomic mass is 9.93. The first-order chi connectivity index (χ1) is 12.7. The Morgan fingerprint density at radius 3 is 2.65 bits per heavy atom. The van der Waals surface area contributed by atoms with Crippen molar-refractivity contribution < 1.29 is 13.9 Å². The second-order valence-corrected chi connectivity index (χ2v) is 7.25. The molecular weight excluding hydrogens is 331 g/mol. The lowest BCUT2D eigenvalue weighted by Crippen LogP contribution is -2.39. The van der Waals surface area contributed by atoms with E-state index in [9.17, 15) is 9.18 Å². The summed E-state index contributed by atoms with van der Waals surface area (Å²) in [4.78, 5) is 12.3. The largest absolute Gasteiger partial charge is 0.449 e. The van der Waals surface area contributed by atoms with Crippen molar-refractivity contribution in [2.75, 3.05) is 11.9 Å². The molecule has 2 bridgehead atoms. The van der Waals surface area contributed by atoms with Gasteiger partial charge in [-0.2, -0.15) is 0 Å². The van der Waals surface area contributed by atoms with E-state index >= 15 is 0 Å². The van der Waals surface area contributed by atoms with Crippen LogP contribution in [-0.2, 0) is 4.74 Å². The highest BCUT2D eigenvalue weighted by atomic mass is 19.1. The standard InChI is InChI=1S/C21H23FN2O2/c22-16-5-3-4-15(12-16)19-6-1-2-7-20(19)24-21(25)26-13-14-10-17-8-9-18(11-14)23-17/h1-7,12,14,17-18,23H,8-11,13H2,(H,24,25). The number of ether oxygens (including phenoxy) is 1. The number of halogens is 1. The van der Waals surface area contributed by atoms with Gasteiger partial charge < -0.3 is 10.1 Å². The van der Waals surface area contributed by atoms with Gasteiger partial charge in [-0.25, -0.2) is 9.18 Å². The predicted molar refractivity (Wildman–Crippen MR) is 99.5 cm³/mol. The summed E-state index contributed by atoms with van der Waals surface area (Å²) < 4.78 is 19.0. The number of piperidine rings is 1. The van der Waals surface area contributed by atoms with Crippen molar-refractivity contribution in [2.45, 2.75) is 37.8 Å². The highest BCUT2D eigenvalue weighted by Gasteiger charge is 2.33. The molecule has 0 radical (unpaired) electrons. The van der Waals surface area contributed by atoms with Gasteiger partial charge in [-0.3, -0.25) is 5.32 Å². The second kappa shape index (κ2) is 7.46. The number of carbonyl (C=O) groups is 1. The van der Waals surface area contributed by atoms with Gasteiger partial charge in [0.1, 0.15) is 5.82 Å². The van der Waals surface area contributed by atoms with Crippen LogP contribution in [0.1, 0.15) is 25.7 Å². The Morgan fingerprint density at radius 1 is 1.12 bits per heavy atom. The number of carbonyl (C=O) groups excluding carboxylic acids is 1. The maximum absolute atomic E-state index is 13.5. The summed E-state index contributed by atoms with van der Waals surface area (Å²) in [6.07, 6.45) is 4.15. The van der Waals surface area contributed by atoms with Gasteiger partial charge in [-0.05, 0) is 55.4 Å². The maximum atomic E-state index is 13.5. The highest BCUT2D eigenvalue weighted by Crippen LogP contribution is 2.31. The van der Waals surface area contributed by atoms with E-state index in [-0.39, 0.29) is 5.82 Å². The molecule has 2 aromatic rings. The fourth-order valence-electron chi connectivity index (χ4n) is 4.15.